The molecule has 4 nitrogen and oxygen atoms in total. The molecule has 2 atom stereocenters. The largest absolute Gasteiger partial charge is 0.346 e. The van der Waals surface area contributed by atoms with Crippen molar-refractivity contribution >= 4 is 28.5 Å². The molecule has 2 unspecified atom stereocenters. The van der Waals surface area contributed by atoms with E-state index in [4.69, 9.17) is 16.6 Å². The summed E-state index contributed by atoms with van der Waals surface area (Å²) in [6.45, 7) is 7.32. The fourth-order valence-electron chi connectivity index (χ4n) is 3.20. The van der Waals surface area contributed by atoms with Crippen LogP contribution in [0.4, 0.5) is 0 Å². The molecule has 0 spiro atoms. The summed E-state index contributed by atoms with van der Waals surface area (Å²) in [5.41, 5.74) is 3.03. The molecule has 1 heterocycles. The van der Waals surface area contributed by atoms with Gasteiger partial charge in [-0.15, -0.1) is 0 Å². The van der Waals surface area contributed by atoms with Crippen LogP contribution in [0, 0.1) is 5.92 Å². The van der Waals surface area contributed by atoms with E-state index in [-0.39, 0.29) is 11.9 Å². The van der Waals surface area contributed by atoms with Crippen molar-refractivity contribution in [2.45, 2.75) is 46.2 Å². The topological polar surface area (TPSA) is 46.9 Å². The molecule has 1 N–H and O–H groups in total. The van der Waals surface area contributed by atoms with Gasteiger partial charge < -0.3 is 9.88 Å². The van der Waals surface area contributed by atoms with Gasteiger partial charge in [-0.1, -0.05) is 56.1 Å². The van der Waals surface area contributed by atoms with Crippen LogP contribution in [0.2, 0.25) is 5.02 Å². The van der Waals surface area contributed by atoms with Crippen molar-refractivity contribution in [2.24, 2.45) is 5.92 Å². The number of nitrogens with one attached hydrogen (secondary N) is 1. The number of amides is 1. The third kappa shape index (κ3) is 4.69. The van der Waals surface area contributed by atoms with Gasteiger partial charge in [0.05, 0.1) is 23.5 Å². The summed E-state index contributed by atoms with van der Waals surface area (Å²) in [5.74, 6) is 1.42. The Morgan fingerprint density at radius 1 is 1.15 bits per heavy atom. The van der Waals surface area contributed by atoms with Gasteiger partial charge in [0.25, 0.3) is 0 Å². The van der Waals surface area contributed by atoms with Crippen molar-refractivity contribution < 1.29 is 4.79 Å². The van der Waals surface area contributed by atoms with E-state index in [0.29, 0.717) is 17.4 Å². The molecule has 1 amide bonds. The van der Waals surface area contributed by atoms with Crippen LogP contribution in [0.3, 0.4) is 0 Å². The molecule has 0 radical (unpaired) electrons. The van der Waals surface area contributed by atoms with E-state index >= 15 is 0 Å². The first-order valence-corrected chi connectivity index (χ1v) is 9.84. The second-order valence-electron chi connectivity index (χ2n) is 7.18. The highest BCUT2D eigenvalue weighted by Gasteiger charge is 2.19. The summed E-state index contributed by atoms with van der Waals surface area (Å²) in [4.78, 5) is 17.3. The van der Waals surface area contributed by atoms with Gasteiger partial charge in [-0.25, -0.2) is 4.98 Å². The highest BCUT2D eigenvalue weighted by atomic mass is 35.5. The third-order valence-corrected chi connectivity index (χ3v) is 5.17. The molecule has 0 fully saturated rings. The first-order chi connectivity index (χ1) is 13.0. The van der Waals surface area contributed by atoms with Crippen molar-refractivity contribution in [2.75, 3.05) is 0 Å². The number of carbonyl (C=O) groups excluding carboxylic acids is 1. The van der Waals surface area contributed by atoms with Gasteiger partial charge in [-0.2, -0.15) is 0 Å². The van der Waals surface area contributed by atoms with Gasteiger partial charge in [-0.05, 0) is 42.7 Å². The number of hydrogen-bond acceptors (Lipinski definition) is 2. The molecular weight excluding hydrogens is 358 g/mol. The zero-order valence-electron chi connectivity index (χ0n) is 16.1. The molecule has 27 heavy (non-hydrogen) atoms. The van der Waals surface area contributed by atoms with Gasteiger partial charge >= 0.3 is 0 Å². The Kier molecular flexibility index (Phi) is 6.17. The zero-order valence-corrected chi connectivity index (χ0v) is 16.8. The van der Waals surface area contributed by atoms with E-state index in [1.54, 1.807) is 12.1 Å². The Labute approximate surface area is 165 Å². The molecule has 0 aliphatic heterocycles. The lowest BCUT2D eigenvalue weighted by Crippen LogP contribution is -2.30. The number of fused-ring (bicyclic) bond motifs is 1. The van der Waals surface area contributed by atoms with Crippen LogP contribution >= 0.6 is 11.6 Å². The van der Waals surface area contributed by atoms with Crippen LogP contribution in [-0.2, 0) is 17.8 Å². The number of imidazole rings is 1. The fraction of sp³-hybridized carbons (Fsp3) is 0.364. The Morgan fingerprint density at radius 3 is 2.56 bits per heavy atom. The quantitative estimate of drug-likeness (QED) is 0.612. The monoisotopic (exact) mass is 383 g/mol. The minimum atomic E-state index is -0.166. The van der Waals surface area contributed by atoms with Crippen LogP contribution in [0.15, 0.2) is 48.5 Å². The van der Waals surface area contributed by atoms with Gasteiger partial charge in [0, 0.05) is 11.6 Å². The number of benzene rings is 2. The Bertz CT molecular complexity index is 917. The standard InChI is InChI=1S/C22H26ClN3O/c1-4-15(2)14-26-20-8-6-5-7-19(20)25-22(26)16(3)24-21(27)13-17-9-11-18(23)12-10-17/h5-12,15-16H,4,13-14H2,1-3H3,(H,24,27). The van der Waals surface area contributed by atoms with E-state index in [1.807, 2.05) is 37.3 Å². The summed E-state index contributed by atoms with van der Waals surface area (Å²) in [6, 6.07) is 15.3. The Hall–Kier alpha value is -2.33. The van der Waals surface area contributed by atoms with E-state index in [9.17, 15) is 4.79 Å². The smallest absolute Gasteiger partial charge is 0.224 e. The summed E-state index contributed by atoms with van der Waals surface area (Å²) >= 11 is 5.91. The number of hydrogen-bond donors (Lipinski definition) is 1. The number of nitrogens with zero attached hydrogens (tertiary/aromatic N) is 2. The van der Waals surface area contributed by atoms with E-state index in [2.05, 4.69) is 29.8 Å². The highest BCUT2D eigenvalue weighted by Crippen LogP contribution is 2.23. The number of halogens is 1. The molecule has 0 aliphatic carbocycles. The summed E-state index contributed by atoms with van der Waals surface area (Å²) in [7, 11) is 0. The van der Waals surface area contributed by atoms with Gasteiger partial charge in [0.15, 0.2) is 0 Å². The Balaban J connectivity index is 1.79. The predicted molar refractivity (Wildman–Crippen MR) is 111 cm³/mol. The molecule has 0 saturated heterocycles. The maximum absolute atomic E-state index is 12.5. The molecule has 0 bridgehead atoms. The fourth-order valence-corrected chi connectivity index (χ4v) is 3.33. The van der Waals surface area contributed by atoms with Gasteiger partial charge in [0.2, 0.25) is 5.91 Å². The molecule has 5 heteroatoms. The molecular formula is C22H26ClN3O. The predicted octanol–water partition coefficient (Wildman–Crippen LogP) is 5.16. The maximum atomic E-state index is 12.5. The van der Waals surface area contributed by atoms with Crippen molar-refractivity contribution in [3.8, 4) is 0 Å². The maximum Gasteiger partial charge on any atom is 0.224 e. The lowest BCUT2D eigenvalue weighted by atomic mass is 10.1. The molecule has 0 aliphatic rings. The van der Waals surface area contributed by atoms with Crippen molar-refractivity contribution in [3.63, 3.8) is 0 Å². The van der Waals surface area contributed by atoms with Gasteiger partial charge in [-0.3, -0.25) is 4.79 Å². The van der Waals surface area contributed by atoms with Crippen molar-refractivity contribution in [1.29, 1.82) is 0 Å². The molecule has 3 rings (SSSR count). The number of aromatic nitrogens is 2. The third-order valence-electron chi connectivity index (χ3n) is 4.92. The average Bonchev–Trinajstić information content (AvgIpc) is 3.02. The zero-order chi connectivity index (χ0) is 19.4. The summed E-state index contributed by atoms with van der Waals surface area (Å²) < 4.78 is 2.25. The lowest BCUT2D eigenvalue weighted by molar-refractivity contribution is -0.121. The normalized spacial score (nSPS) is 13.5. The van der Waals surface area contributed by atoms with Crippen LogP contribution in [0.1, 0.15) is 44.6 Å². The molecule has 0 saturated carbocycles. The van der Waals surface area contributed by atoms with Crippen molar-refractivity contribution in [3.05, 3.63) is 64.9 Å². The van der Waals surface area contributed by atoms with E-state index in [0.717, 1.165) is 35.4 Å². The minimum absolute atomic E-state index is 0.0213. The second kappa shape index (κ2) is 8.57. The summed E-state index contributed by atoms with van der Waals surface area (Å²) in [5, 5.41) is 3.77. The summed E-state index contributed by atoms with van der Waals surface area (Å²) in [6.07, 6.45) is 1.43. The molecule has 1 aromatic heterocycles. The lowest BCUT2D eigenvalue weighted by Gasteiger charge is -2.18. The molecule has 2 aromatic carbocycles. The van der Waals surface area contributed by atoms with Crippen LogP contribution in [0.25, 0.3) is 11.0 Å². The van der Waals surface area contributed by atoms with Gasteiger partial charge in [0.1, 0.15) is 5.82 Å². The highest BCUT2D eigenvalue weighted by molar-refractivity contribution is 6.30. The average molecular weight is 384 g/mol. The minimum Gasteiger partial charge on any atom is -0.346 e. The second-order valence-corrected chi connectivity index (χ2v) is 7.61. The van der Waals surface area contributed by atoms with Crippen LogP contribution in [-0.4, -0.2) is 15.5 Å². The van der Waals surface area contributed by atoms with E-state index in [1.165, 1.54) is 0 Å². The molecule has 142 valence electrons. The number of carbonyl (C=O) groups is 1. The number of rotatable bonds is 7. The molecule has 3 aromatic rings. The van der Waals surface area contributed by atoms with Crippen LogP contribution < -0.4 is 5.32 Å². The first-order valence-electron chi connectivity index (χ1n) is 9.47. The number of para-hydroxylation sites is 2. The first kappa shape index (κ1) is 19.4. The van der Waals surface area contributed by atoms with E-state index < -0.39 is 0 Å². The van der Waals surface area contributed by atoms with Crippen LogP contribution in [0.5, 0.6) is 0 Å². The van der Waals surface area contributed by atoms with Crippen molar-refractivity contribution in [1.82, 2.24) is 14.9 Å². The SMILES string of the molecule is CCC(C)Cn1c(C(C)NC(=O)Cc2ccc(Cl)cc2)nc2ccccc21. The Morgan fingerprint density at radius 2 is 1.85 bits per heavy atom.